The van der Waals surface area contributed by atoms with Crippen LogP contribution in [0.5, 0.6) is 0 Å². The van der Waals surface area contributed by atoms with Crippen LogP contribution in [-0.4, -0.2) is 22.3 Å². The van der Waals surface area contributed by atoms with Gasteiger partial charge in [0.25, 0.3) is 3.30 Å². The highest BCUT2D eigenvalue weighted by Crippen LogP contribution is 2.44. The van der Waals surface area contributed by atoms with Gasteiger partial charge in [-0.1, -0.05) is 103 Å². The molecule has 170 valence electrons. The molecule has 0 aliphatic carbocycles. The summed E-state index contributed by atoms with van der Waals surface area (Å²) >= 11 is -1.24. The predicted octanol–water partition coefficient (Wildman–Crippen LogP) is -0.394. The van der Waals surface area contributed by atoms with Crippen molar-refractivity contribution in [1.29, 1.82) is 0 Å². The third-order valence-corrected chi connectivity index (χ3v) is 14.6. The fraction of sp³-hybridized carbons (Fsp3) is 0.0357. The van der Waals surface area contributed by atoms with Crippen LogP contribution in [0.4, 0.5) is 0 Å². The van der Waals surface area contributed by atoms with Crippen LogP contribution in [0.25, 0.3) is 0 Å². The summed E-state index contributed by atoms with van der Waals surface area (Å²) in [4.78, 5) is 25.5. The number of rotatable bonds is 7. The van der Waals surface area contributed by atoms with E-state index in [9.17, 15) is 14.7 Å². The maximum Gasteiger partial charge on any atom is 0.385 e. The summed E-state index contributed by atoms with van der Waals surface area (Å²) in [7, 11) is 1.38. The first kappa shape index (κ1) is 24.0. The summed E-state index contributed by atoms with van der Waals surface area (Å²) in [5.74, 6) is -1.66. The maximum absolute atomic E-state index is 13.6. The highest BCUT2D eigenvalue weighted by Gasteiger charge is 2.43. The Labute approximate surface area is 209 Å². The molecule has 0 bridgehead atoms. The number of ether oxygens (including phenoxy) is 1. The number of halogens is 1. The quantitative estimate of drug-likeness (QED) is 0.170. The Kier molecular flexibility index (Phi) is 7.66. The van der Waals surface area contributed by atoms with Gasteiger partial charge in [0.05, 0.1) is 18.6 Å². The molecule has 0 radical (unpaired) electrons. The van der Waals surface area contributed by atoms with Gasteiger partial charge in [0.2, 0.25) is 3.57 Å². The van der Waals surface area contributed by atoms with E-state index in [2.05, 4.69) is 0 Å². The molecule has 0 aliphatic heterocycles. The maximum atomic E-state index is 13.6. The molecule has 0 spiro atoms. The van der Waals surface area contributed by atoms with Crippen molar-refractivity contribution >= 4 is 38.0 Å². The first-order valence-corrected chi connectivity index (χ1v) is 14.5. The number of carbonyl (C=O) groups excluding carboxylic acids is 2. The summed E-state index contributed by atoms with van der Waals surface area (Å²) in [5, 5.41) is 14.9. The third-order valence-electron chi connectivity index (χ3n) is 5.36. The van der Waals surface area contributed by atoms with E-state index in [0.29, 0.717) is 6.87 Å². The summed E-state index contributed by atoms with van der Waals surface area (Å²) < 4.78 is 6.62. The molecule has 0 saturated carbocycles. The molecular formula is C28H22IO4P. The lowest BCUT2D eigenvalue weighted by Gasteiger charge is -2.27. The minimum Gasteiger partial charge on any atom is -0.545 e. The SMILES string of the molecule is COC(=O)C([I+]c1ccccc1C(=O)[O-])=P(c1ccccc1)(c1ccccc1)c1ccccc1. The second-order valence-corrected chi connectivity index (χ2v) is 14.3. The van der Waals surface area contributed by atoms with Crippen molar-refractivity contribution in [2.24, 2.45) is 0 Å². The van der Waals surface area contributed by atoms with E-state index < -0.39 is 40.0 Å². The van der Waals surface area contributed by atoms with Gasteiger partial charge in [-0.2, -0.15) is 0 Å². The van der Waals surface area contributed by atoms with Crippen LogP contribution in [0.1, 0.15) is 10.4 Å². The Morgan fingerprint density at radius 2 is 1.09 bits per heavy atom. The molecule has 0 saturated heterocycles. The Morgan fingerprint density at radius 1 is 0.676 bits per heavy atom. The van der Waals surface area contributed by atoms with Gasteiger partial charge < -0.3 is 14.6 Å². The van der Waals surface area contributed by atoms with Crippen LogP contribution in [0, 0.1) is 3.57 Å². The van der Waals surface area contributed by atoms with E-state index in [1.54, 1.807) is 18.2 Å². The van der Waals surface area contributed by atoms with Crippen molar-refractivity contribution in [3.05, 3.63) is 124 Å². The van der Waals surface area contributed by atoms with Gasteiger partial charge in [-0.05, 0) is 28.0 Å². The monoisotopic (exact) mass is 580 g/mol. The van der Waals surface area contributed by atoms with E-state index in [4.69, 9.17) is 4.74 Å². The van der Waals surface area contributed by atoms with Gasteiger partial charge >= 0.3 is 27.2 Å². The van der Waals surface area contributed by atoms with E-state index in [1.807, 2.05) is 91.0 Å². The molecule has 0 N–H and O–H groups in total. The van der Waals surface area contributed by atoms with E-state index in [-0.39, 0.29) is 5.56 Å². The fourth-order valence-corrected chi connectivity index (χ4v) is 14.1. The first-order chi connectivity index (χ1) is 16.6. The van der Waals surface area contributed by atoms with Crippen LogP contribution >= 0.6 is 6.89 Å². The number of methoxy groups -OCH3 is 1. The molecule has 4 nitrogen and oxygen atoms in total. The van der Waals surface area contributed by atoms with E-state index in [1.165, 1.54) is 13.2 Å². The van der Waals surface area contributed by atoms with Crippen molar-refractivity contribution in [3.63, 3.8) is 0 Å². The fourth-order valence-electron chi connectivity index (χ4n) is 3.87. The predicted molar refractivity (Wildman–Crippen MR) is 132 cm³/mol. The lowest BCUT2D eigenvalue weighted by molar-refractivity contribution is -0.503. The average molecular weight is 580 g/mol. The number of benzene rings is 4. The lowest BCUT2D eigenvalue weighted by Crippen LogP contribution is -3.65. The summed E-state index contributed by atoms with van der Waals surface area (Å²) in [6.07, 6.45) is 0. The summed E-state index contributed by atoms with van der Waals surface area (Å²) in [6.45, 7) is -2.67. The standard InChI is InChI=1S/C28H22IO4P/c1-33-28(32)26(29-25-20-12-11-19-24(25)27(30)31)34(21-13-5-2-6-14-21,22-15-7-3-8-16-22)23-17-9-4-10-18-23/h2-20H,1H3. The Bertz CT molecular complexity index is 1250. The summed E-state index contributed by atoms with van der Waals surface area (Å²) in [6, 6.07) is 36.7. The van der Waals surface area contributed by atoms with Crippen molar-refractivity contribution in [2.75, 3.05) is 7.11 Å². The largest absolute Gasteiger partial charge is 0.545 e. The number of hydrogen-bond acceptors (Lipinski definition) is 4. The van der Waals surface area contributed by atoms with Crippen LogP contribution < -0.4 is 42.2 Å². The van der Waals surface area contributed by atoms with E-state index >= 15 is 0 Å². The van der Waals surface area contributed by atoms with Gasteiger partial charge in [0, 0.05) is 6.89 Å². The van der Waals surface area contributed by atoms with E-state index in [0.717, 1.165) is 15.9 Å². The number of hydrogen-bond donors (Lipinski definition) is 0. The lowest BCUT2D eigenvalue weighted by atomic mass is 10.2. The topological polar surface area (TPSA) is 66.4 Å². The molecule has 0 aromatic heterocycles. The van der Waals surface area contributed by atoms with Crippen LogP contribution in [0.2, 0.25) is 0 Å². The molecule has 0 aliphatic rings. The molecule has 4 aromatic carbocycles. The Balaban J connectivity index is 2.21. The molecule has 4 rings (SSSR count). The average Bonchev–Trinajstić information content (AvgIpc) is 2.90. The number of carboxylic acids is 1. The zero-order valence-corrected chi connectivity index (χ0v) is 21.5. The zero-order chi connectivity index (χ0) is 24.0. The smallest absolute Gasteiger partial charge is 0.385 e. The molecule has 0 fully saturated rings. The molecule has 0 unspecified atom stereocenters. The number of carboxylic acid groups (broad SMARTS) is 1. The van der Waals surface area contributed by atoms with Gasteiger partial charge in [-0.3, -0.25) is 0 Å². The van der Waals surface area contributed by atoms with Gasteiger partial charge in [-0.15, -0.1) is 0 Å². The molecule has 4 aromatic rings. The van der Waals surface area contributed by atoms with Gasteiger partial charge in [0.1, 0.15) is 0 Å². The highest BCUT2D eigenvalue weighted by atomic mass is 127. The third kappa shape index (κ3) is 4.59. The zero-order valence-electron chi connectivity index (χ0n) is 18.4. The molecule has 0 heterocycles. The minimum atomic E-state index is -2.67. The van der Waals surface area contributed by atoms with Crippen molar-refractivity contribution < 1.29 is 40.6 Å². The van der Waals surface area contributed by atoms with Gasteiger partial charge in [0.15, 0.2) is 0 Å². The van der Waals surface area contributed by atoms with Crippen LogP contribution in [0.3, 0.4) is 0 Å². The Hall–Kier alpha value is -3.15. The van der Waals surface area contributed by atoms with Gasteiger partial charge in [-0.25, -0.2) is 4.79 Å². The number of esters is 1. The minimum absolute atomic E-state index is 0.115. The summed E-state index contributed by atoms with van der Waals surface area (Å²) in [5.41, 5.74) is 0.115. The molecule has 6 heteroatoms. The molecular weight excluding hydrogens is 558 g/mol. The number of carbonyl (C=O) groups is 2. The van der Waals surface area contributed by atoms with Crippen molar-refractivity contribution in [2.45, 2.75) is 0 Å². The van der Waals surface area contributed by atoms with Crippen molar-refractivity contribution in [3.8, 4) is 0 Å². The highest BCUT2D eigenvalue weighted by molar-refractivity contribution is 7.96. The second kappa shape index (κ2) is 10.9. The Morgan fingerprint density at radius 3 is 1.50 bits per heavy atom. The molecule has 0 amide bonds. The van der Waals surface area contributed by atoms with Crippen LogP contribution in [-0.2, 0) is 9.53 Å². The normalized spacial score (nSPS) is 11.0. The first-order valence-electron chi connectivity index (χ1n) is 10.6. The van der Waals surface area contributed by atoms with Crippen molar-refractivity contribution in [1.82, 2.24) is 0 Å². The molecule has 0 atom stereocenters. The molecule has 34 heavy (non-hydrogen) atoms. The second-order valence-electron chi connectivity index (χ2n) is 7.32. The number of aromatic carboxylic acids is 1. The van der Waals surface area contributed by atoms with Crippen LogP contribution in [0.15, 0.2) is 115 Å².